The summed E-state index contributed by atoms with van der Waals surface area (Å²) in [6, 6.07) is 12.6. The molecule has 2 aromatic carbocycles. The minimum atomic E-state index is -4.52. The smallest absolute Gasteiger partial charge is 0.383 e. The summed E-state index contributed by atoms with van der Waals surface area (Å²) in [7, 11) is 3.05. The summed E-state index contributed by atoms with van der Waals surface area (Å²) in [5.41, 5.74) is 0.0847. The lowest BCUT2D eigenvalue weighted by atomic mass is 10.0. The van der Waals surface area contributed by atoms with Gasteiger partial charge in [-0.2, -0.15) is 13.2 Å². The number of anilines is 1. The maximum absolute atomic E-state index is 13.5. The maximum atomic E-state index is 13.5. The summed E-state index contributed by atoms with van der Waals surface area (Å²) in [6.07, 6.45) is -4.52. The molecule has 0 aromatic heterocycles. The Hall–Kier alpha value is -3.17. The fourth-order valence-corrected chi connectivity index (χ4v) is 3.45. The highest BCUT2D eigenvalue weighted by Gasteiger charge is 2.42. The van der Waals surface area contributed by atoms with Crippen LogP contribution < -0.4 is 4.90 Å². The zero-order chi connectivity index (χ0) is 23.3. The van der Waals surface area contributed by atoms with Gasteiger partial charge in [-0.05, 0) is 29.8 Å². The van der Waals surface area contributed by atoms with Crippen molar-refractivity contribution in [1.29, 1.82) is 0 Å². The predicted octanol–water partition coefficient (Wildman–Crippen LogP) is 3.58. The van der Waals surface area contributed by atoms with Gasteiger partial charge in [0.25, 0.3) is 11.8 Å². The van der Waals surface area contributed by atoms with Crippen molar-refractivity contribution in [3.8, 4) is 0 Å². The molecule has 2 amide bonds. The Morgan fingerprint density at radius 1 is 0.844 bits per heavy atom. The average molecular weight is 448 g/mol. The van der Waals surface area contributed by atoms with Crippen molar-refractivity contribution in [3.63, 3.8) is 0 Å². The van der Waals surface area contributed by atoms with Crippen molar-refractivity contribution in [3.05, 3.63) is 71.4 Å². The van der Waals surface area contributed by atoms with Gasteiger partial charge in [0.1, 0.15) is 5.70 Å². The van der Waals surface area contributed by atoms with Crippen LogP contribution in [0.1, 0.15) is 11.1 Å². The fraction of sp³-hybridized carbons (Fsp3) is 0.304. The van der Waals surface area contributed by atoms with E-state index in [1.807, 2.05) is 0 Å². The monoisotopic (exact) mass is 448 g/mol. The second kappa shape index (κ2) is 9.97. The molecule has 0 N–H and O–H groups in total. The molecule has 0 bridgehead atoms. The van der Waals surface area contributed by atoms with Gasteiger partial charge in [-0.3, -0.25) is 9.59 Å². The number of alkyl halides is 3. The molecule has 0 saturated heterocycles. The molecule has 0 radical (unpaired) electrons. The molecule has 1 aliphatic heterocycles. The Morgan fingerprint density at radius 2 is 1.41 bits per heavy atom. The van der Waals surface area contributed by atoms with Gasteiger partial charge >= 0.3 is 6.18 Å². The van der Waals surface area contributed by atoms with Gasteiger partial charge in [0.15, 0.2) is 0 Å². The molecule has 0 saturated carbocycles. The number of amides is 2. The van der Waals surface area contributed by atoms with E-state index < -0.39 is 23.6 Å². The third-order valence-electron chi connectivity index (χ3n) is 5.02. The van der Waals surface area contributed by atoms with E-state index in [-0.39, 0.29) is 17.0 Å². The Balaban J connectivity index is 2.07. The Labute approximate surface area is 183 Å². The van der Waals surface area contributed by atoms with Crippen molar-refractivity contribution in [2.45, 2.75) is 6.18 Å². The van der Waals surface area contributed by atoms with Crippen LogP contribution in [-0.2, 0) is 25.2 Å². The van der Waals surface area contributed by atoms with E-state index in [0.29, 0.717) is 31.9 Å². The van der Waals surface area contributed by atoms with E-state index >= 15 is 0 Å². The minimum absolute atomic E-state index is 0.0647. The molecule has 6 nitrogen and oxygen atoms in total. The van der Waals surface area contributed by atoms with Crippen molar-refractivity contribution in [2.75, 3.05) is 45.4 Å². The second-order valence-electron chi connectivity index (χ2n) is 7.05. The quantitative estimate of drug-likeness (QED) is 0.549. The third-order valence-corrected chi connectivity index (χ3v) is 5.02. The molecule has 2 aromatic rings. The molecule has 0 atom stereocenters. The normalized spacial score (nSPS) is 14.5. The van der Waals surface area contributed by atoms with Crippen LogP contribution in [0.3, 0.4) is 0 Å². The van der Waals surface area contributed by atoms with Crippen LogP contribution in [0, 0.1) is 0 Å². The summed E-state index contributed by atoms with van der Waals surface area (Å²) in [5.74, 6) is -1.21. The summed E-state index contributed by atoms with van der Waals surface area (Å²) < 4.78 is 49.2. The Kier molecular flexibility index (Phi) is 7.32. The Morgan fingerprint density at radius 3 is 1.91 bits per heavy atom. The van der Waals surface area contributed by atoms with Gasteiger partial charge in [0.05, 0.1) is 30.0 Å². The number of benzene rings is 2. The lowest BCUT2D eigenvalue weighted by Gasteiger charge is -2.25. The number of rotatable bonds is 9. The second-order valence-corrected chi connectivity index (χ2v) is 7.05. The number of carbonyl (C=O) groups excluding carboxylic acids is 2. The zero-order valence-electron chi connectivity index (χ0n) is 17.7. The maximum Gasteiger partial charge on any atom is 0.416 e. The molecule has 0 spiro atoms. The Bertz CT molecular complexity index is 981. The van der Waals surface area contributed by atoms with E-state index in [4.69, 9.17) is 9.47 Å². The number of methoxy groups -OCH3 is 2. The molecule has 1 aliphatic rings. The topological polar surface area (TPSA) is 59.1 Å². The first-order chi connectivity index (χ1) is 15.3. The van der Waals surface area contributed by atoms with Crippen molar-refractivity contribution >= 4 is 23.1 Å². The molecular weight excluding hydrogens is 425 g/mol. The third kappa shape index (κ3) is 4.84. The van der Waals surface area contributed by atoms with Crippen molar-refractivity contribution < 1.29 is 32.2 Å². The predicted molar refractivity (Wildman–Crippen MR) is 113 cm³/mol. The first-order valence-corrected chi connectivity index (χ1v) is 9.88. The highest BCUT2D eigenvalue weighted by Crippen LogP contribution is 2.36. The van der Waals surface area contributed by atoms with Crippen LogP contribution in [0.4, 0.5) is 18.9 Å². The van der Waals surface area contributed by atoms with Gasteiger partial charge in [-0.25, -0.2) is 4.90 Å². The van der Waals surface area contributed by atoms with Crippen LogP contribution in [0.25, 0.3) is 5.57 Å². The zero-order valence-corrected chi connectivity index (χ0v) is 17.7. The molecule has 170 valence electrons. The van der Waals surface area contributed by atoms with E-state index in [1.165, 1.54) is 14.2 Å². The van der Waals surface area contributed by atoms with E-state index in [9.17, 15) is 22.8 Å². The molecule has 1 heterocycles. The largest absolute Gasteiger partial charge is 0.416 e. The van der Waals surface area contributed by atoms with E-state index in [2.05, 4.69) is 0 Å². The number of halogens is 3. The lowest BCUT2D eigenvalue weighted by Crippen LogP contribution is -2.37. The standard InChI is InChI=1S/C23H23F3N2O4/c1-31-14-12-27(13-15-32-2)20-19(16-6-4-3-5-7-16)21(29)28(22(20)30)18-10-8-17(9-11-18)23(24,25)26/h3-11H,12-15H2,1-2H3. The van der Waals surface area contributed by atoms with Crippen molar-refractivity contribution in [1.82, 2.24) is 4.90 Å². The minimum Gasteiger partial charge on any atom is -0.383 e. The summed E-state index contributed by atoms with van der Waals surface area (Å²) in [5, 5.41) is 0. The van der Waals surface area contributed by atoms with E-state index in [1.54, 1.807) is 35.2 Å². The molecule has 0 unspecified atom stereocenters. The SMILES string of the molecule is COCCN(CCOC)C1=C(c2ccccc2)C(=O)N(c2ccc(C(F)(F)F)cc2)C1=O. The van der Waals surface area contributed by atoms with Gasteiger partial charge in [-0.1, -0.05) is 30.3 Å². The molecule has 9 heteroatoms. The summed E-state index contributed by atoms with van der Waals surface area (Å²) in [4.78, 5) is 29.5. The first kappa shape index (κ1) is 23.5. The van der Waals surface area contributed by atoms with Gasteiger partial charge < -0.3 is 14.4 Å². The number of hydrogen-bond acceptors (Lipinski definition) is 5. The van der Waals surface area contributed by atoms with Gasteiger partial charge in [0.2, 0.25) is 0 Å². The molecule has 32 heavy (non-hydrogen) atoms. The highest BCUT2D eigenvalue weighted by atomic mass is 19.4. The lowest BCUT2D eigenvalue weighted by molar-refractivity contribution is -0.137. The number of imide groups is 1. The van der Waals surface area contributed by atoms with Crippen LogP contribution in [0.2, 0.25) is 0 Å². The van der Waals surface area contributed by atoms with Gasteiger partial charge in [0, 0.05) is 27.3 Å². The number of ether oxygens (including phenoxy) is 2. The summed E-state index contributed by atoms with van der Waals surface area (Å²) >= 11 is 0. The fourth-order valence-electron chi connectivity index (χ4n) is 3.45. The number of hydrogen-bond donors (Lipinski definition) is 0. The number of carbonyl (C=O) groups is 2. The van der Waals surface area contributed by atoms with Crippen LogP contribution in [0.5, 0.6) is 0 Å². The molecule has 0 fully saturated rings. The average Bonchev–Trinajstić information content (AvgIpc) is 3.04. The van der Waals surface area contributed by atoms with Crippen molar-refractivity contribution in [2.24, 2.45) is 0 Å². The van der Waals surface area contributed by atoms with E-state index in [0.717, 1.165) is 29.2 Å². The molecule has 3 rings (SSSR count). The first-order valence-electron chi connectivity index (χ1n) is 9.88. The molecular formula is C23H23F3N2O4. The van der Waals surface area contributed by atoms with Gasteiger partial charge in [-0.15, -0.1) is 0 Å². The van der Waals surface area contributed by atoms with Crippen LogP contribution in [0.15, 0.2) is 60.3 Å². The van der Waals surface area contributed by atoms with Crippen LogP contribution >= 0.6 is 0 Å². The van der Waals surface area contributed by atoms with Crippen LogP contribution in [-0.4, -0.2) is 57.2 Å². The molecule has 0 aliphatic carbocycles. The summed E-state index contributed by atoms with van der Waals surface area (Å²) in [6.45, 7) is 1.25. The number of nitrogens with zero attached hydrogens (tertiary/aromatic N) is 2. The highest BCUT2D eigenvalue weighted by molar-refractivity contribution is 6.45.